The Labute approximate surface area is 116 Å². The molecule has 0 spiro atoms. The average molecular weight is 274 g/mol. The standard InChI is InChI=1S/C15H15FN2S/c16-12-4-7-14(19-15-3-1-2-8-17-15)11(9-12)10-18-13-5-6-13/h1-4,7-9,13,18H,5-6,10H2. The van der Waals surface area contributed by atoms with E-state index in [4.69, 9.17) is 0 Å². The summed E-state index contributed by atoms with van der Waals surface area (Å²) in [5.74, 6) is -0.182. The van der Waals surface area contributed by atoms with E-state index in [0.717, 1.165) is 22.0 Å². The predicted octanol–water partition coefficient (Wildman–Crippen LogP) is 3.62. The number of hydrogen-bond donors (Lipinski definition) is 1. The van der Waals surface area contributed by atoms with Gasteiger partial charge in [-0.15, -0.1) is 0 Å². The zero-order chi connectivity index (χ0) is 13.1. The molecule has 1 N–H and O–H groups in total. The van der Waals surface area contributed by atoms with Crippen LogP contribution in [0.2, 0.25) is 0 Å². The molecule has 1 heterocycles. The Morgan fingerprint density at radius 3 is 2.89 bits per heavy atom. The van der Waals surface area contributed by atoms with Gasteiger partial charge in [-0.25, -0.2) is 9.37 Å². The molecule has 2 aromatic rings. The minimum absolute atomic E-state index is 0.182. The van der Waals surface area contributed by atoms with Crippen LogP contribution in [0.5, 0.6) is 0 Å². The van der Waals surface area contributed by atoms with E-state index in [1.54, 1.807) is 24.0 Å². The van der Waals surface area contributed by atoms with Crippen LogP contribution < -0.4 is 5.32 Å². The van der Waals surface area contributed by atoms with E-state index in [2.05, 4.69) is 10.3 Å². The van der Waals surface area contributed by atoms with Crippen molar-refractivity contribution in [1.29, 1.82) is 0 Å². The number of rotatable bonds is 5. The number of nitrogens with one attached hydrogen (secondary N) is 1. The summed E-state index contributed by atoms with van der Waals surface area (Å²) in [6.07, 6.45) is 4.24. The summed E-state index contributed by atoms with van der Waals surface area (Å²) in [5, 5.41) is 4.36. The maximum atomic E-state index is 13.4. The summed E-state index contributed by atoms with van der Waals surface area (Å²) >= 11 is 1.58. The van der Waals surface area contributed by atoms with Crippen LogP contribution in [0.25, 0.3) is 0 Å². The highest BCUT2D eigenvalue weighted by atomic mass is 32.2. The molecule has 1 aromatic heterocycles. The summed E-state index contributed by atoms with van der Waals surface area (Å²) in [4.78, 5) is 5.36. The van der Waals surface area contributed by atoms with Crippen molar-refractivity contribution in [2.45, 2.75) is 35.3 Å². The van der Waals surface area contributed by atoms with Gasteiger partial charge in [-0.2, -0.15) is 0 Å². The number of aromatic nitrogens is 1. The lowest BCUT2D eigenvalue weighted by atomic mass is 10.2. The van der Waals surface area contributed by atoms with Crippen molar-refractivity contribution >= 4 is 11.8 Å². The maximum absolute atomic E-state index is 13.4. The van der Waals surface area contributed by atoms with Crippen LogP contribution in [-0.4, -0.2) is 11.0 Å². The molecule has 0 atom stereocenters. The molecule has 2 nitrogen and oxygen atoms in total. The third kappa shape index (κ3) is 3.55. The van der Waals surface area contributed by atoms with Crippen molar-refractivity contribution in [1.82, 2.24) is 10.3 Å². The van der Waals surface area contributed by atoms with Gasteiger partial charge in [0.2, 0.25) is 0 Å². The Morgan fingerprint density at radius 1 is 1.26 bits per heavy atom. The van der Waals surface area contributed by atoms with E-state index in [0.29, 0.717) is 6.04 Å². The zero-order valence-corrected chi connectivity index (χ0v) is 11.3. The van der Waals surface area contributed by atoms with Gasteiger partial charge >= 0.3 is 0 Å². The fourth-order valence-corrected chi connectivity index (χ4v) is 2.73. The predicted molar refractivity (Wildman–Crippen MR) is 74.6 cm³/mol. The average Bonchev–Trinajstić information content (AvgIpc) is 3.24. The lowest BCUT2D eigenvalue weighted by molar-refractivity contribution is 0.616. The molecule has 1 fully saturated rings. The molecule has 4 heteroatoms. The van der Waals surface area contributed by atoms with Gasteiger partial charge in [0.1, 0.15) is 10.8 Å². The first-order chi connectivity index (χ1) is 9.31. The van der Waals surface area contributed by atoms with E-state index >= 15 is 0 Å². The molecular weight excluding hydrogens is 259 g/mol. The Kier molecular flexibility index (Phi) is 3.80. The lowest BCUT2D eigenvalue weighted by Gasteiger charge is -2.09. The molecule has 0 saturated heterocycles. The van der Waals surface area contributed by atoms with Crippen LogP contribution in [0.15, 0.2) is 52.5 Å². The third-order valence-electron chi connectivity index (χ3n) is 3.03. The SMILES string of the molecule is Fc1ccc(Sc2ccccn2)c(CNC2CC2)c1. The van der Waals surface area contributed by atoms with Crippen LogP contribution in [-0.2, 0) is 6.54 Å². The van der Waals surface area contributed by atoms with Crippen molar-refractivity contribution in [2.75, 3.05) is 0 Å². The van der Waals surface area contributed by atoms with Crippen molar-refractivity contribution < 1.29 is 4.39 Å². The largest absolute Gasteiger partial charge is 0.310 e. The highest BCUT2D eigenvalue weighted by Gasteiger charge is 2.20. The number of pyridine rings is 1. The second-order valence-corrected chi connectivity index (χ2v) is 5.74. The van der Waals surface area contributed by atoms with Crippen LogP contribution in [0.4, 0.5) is 4.39 Å². The van der Waals surface area contributed by atoms with Gasteiger partial charge in [-0.1, -0.05) is 17.8 Å². The minimum atomic E-state index is -0.182. The monoisotopic (exact) mass is 274 g/mol. The first kappa shape index (κ1) is 12.6. The van der Waals surface area contributed by atoms with Gasteiger partial charge in [0.05, 0.1) is 0 Å². The van der Waals surface area contributed by atoms with E-state index in [9.17, 15) is 4.39 Å². The second-order valence-electron chi connectivity index (χ2n) is 4.68. The molecule has 3 rings (SSSR count). The van der Waals surface area contributed by atoms with Crippen molar-refractivity contribution in [3.05, 3.63) is 54.0 Å². The number of benzene rings is 1. The van der Waals surface area contributed by atoms with Crippen molar-refractivity contribution in [3.63, 3.8) is 0 Å². The number of nitrogens with zero attached hydrogens (tertiary/aromatic N) is 1. The van der Waals surface area contributed by atoms with Gasteiger partial charge in [-0.05, 0) is 48.7 Å². The normalized spacial score (nSPS) is 14.6. The van der Waals surface area contributed by atoms with E-state index < -0.39 is 0 Å². The molecule has 0 unspecified atom stereocenters. The third-order valence-corrected chi connectivity index (χ3v) is 4.10. The molecular formula is C15H15FN2S. The van der Waals surface area contributed by atoms with E-state index in [1.165, 1.54) is 18.9 Å². The van der Waals surface area contributed by atoms with Crippen molar-refractivity contribution in [3.8, 4) is 0 Å². The van der Waals surface area contributed by atoms with E-state index in [-0.39, 0.29) is 5.82 Å². The molecule has 1 aliphatic rings. The van der Waals surface area contributed by atoms with Gasteiger partial charge in [0.15, 0.2) is 0 Å². The van der Waals surface area contributed by atoms with Crippen LogP contribution >= 0.6 is 11.8 Å². The second kappa shape index (κ2) is 5.72. The summed E-state index contributed by atoms with van der Waals surface area (Å²) in [5.41, 5.74) is 1.00. The highest BCUT2D eigenvalue weighted by molar-refractivity contribution is 7.99. The van der Waals surface area contributed by atoms with Crippen LogP contribution in [0, 0.1) is 5.82 Å². The van der Waals surface area contributed by atoms with Gasteiger partial charge < -0.3 is 5.32 Å². The summed E-state index contributed by atoms with van der Waals surface area (Å²) < 4.78 is 13.4. The topological polar surface area (TPSA) is 24.9 Å². The Balaban J connectivity index is 1.78. The van der Waals surface area contributed by atoms with Gasteiger partial charge in [-0.3, -0.25) is 0 Å². The quantitative estimate of drug-likeness (QED) is 0.901. The number of hydrogen-bond acceptors (Lipinski definition) is 3. The molecule has 0 aliphatic heterocycles. The first-order valence-electron chi connectivity index (χ1n) is 6.42. The van der Waals surface area contributed by atoms with Crippen LogP contribution in [0.1, 0.15) is 18.4 Å². The molecule has 0 bridgehead atoms. The summed E-state index contributed by atoms with van der Waals surface area (Å²) in [6.45, 7) is 0.720. The Bertz CT molecular complexity index is 555. The van der Waals surface area contributed by atoms with Gasteiger partial charge in [0.25, 0.3) is 0 Å². The zero-order valence-electron chi connectivity index (χ0n) is 10.5. The smallest absolute Gasteiger partial charge is 0.123 e. The summed E-state index contributed by atoms with van der Waals surface area (Å²) in [6, 6.07) is 11.4. The minimum Gasteiger partial charge on any atom is -0.310 e. The maximum Gasteiger partial charge on any atom is 0.123 e. The fraction of sp³-hybridized carbons (Fsp3) is 0.267. The molecule has 0 amide bonds. The molecule has 1 saturated carbocycles. The van der Waals surface area contributed by atoms with Crippen molar-refractivity contribution in [2.24, 2.45) is 0 Å². The first-order valence-corrected chi connectivity index (χ1v) is 7.23. The lowest BCUT2D eigenvalue weighted by Crippen LogP contribution is -2.16. The molecule has 98 valence electrons. The Hall–Kier alpha value is -1.39. The molecule has 1 aromatic carbocycles. The van der Waals surface area contributed by atoms with E-state index in [1.807, 2.05) is 24.3 Å². The Morgan fingerprint density at radius 2 is 2.16 bits per heavy atom. The van der Waals surface area contributed by atoms with Crippen LogP contribution in [0.3, 0.4) is 0 Å². The fourth-order valence-electron chi connectivity index (χ4n) is 1.85. The molecule has 0 radical (unpaired) electrons. The molecule has 19 heavy (non-hydrogen) atoms. The summed E-state index contributed by atoms with van der Waals surface area (Å²) in [7, 11) is 0. The molecule has 1 aliphatic carbocycles. The highest BCUT2D eigenvalue weighted by Crippen LogP contribution is 2.30. The number of halogens is 1. The van der Waals surface area contributed by atoms with Gasteiger partial charge in [0, 0.05) is 23.7 Å².